The van der Waals surface area contributed by atoms with E-state index in [4.69, 9.17) is 4.74 Å². The lowest BCUT2D eigenvalue weighted by Crippen LogP contribution is -2.39. The molecule has 0 heterocycles. The lowest BCUT2D eigenvalue weighted by molar-refractivity contribution is -0.129. The highest BCUT2D eigenvalue weighted by molar-refractivity contribution is 7.89. The van der Waals surface area contributed by atoms with Crippen molar-refractivity contribution in [3.8, 4) is 0 Å². The second-order valence-corrected chi connectivity index (χ2v) is 7.27. The fourth-order valence-electron chi connectivity index (χ4n) is 1.71. The third-order valence-corrected chi connectivity index (χ3v) is 4.72. The zero-order valence-corrected chi connectivity index (χ0v) is 15.1. The van der Waals surface area contributed by atoms with Crippen LogP contribution in [0.1, 0.15) is 31.1 Å². The average Bonchev–Trinajstić information content (AvgIpc) is 2.53. The monoisotopic (exact) mass is 358 g/mol. The molecule has 0 radical (unpaired) electrons. The van der Waals surface area contributed by atoms with E-state index in [0.29, 0.717) is 4.47 Å². The molecule has 0 spiro atoms. The summed E-state index contributed by atoms with van der Waals surface area (Å²) in [5.41, 5.74) is 0.0183. The van der Waals surface area contributed by atoms with Gasteiger partial charge in [0.15, 0.2) is 6.10 Å². The van der Waals surface area contributed by atoms with Crippen LogP contribution >= 0.6 is 0 Å². The minimum absolute atomic E-state index is 0.0183. The first kappa shape index (κ1) is 20.1. The van der Waals surface area contributed by atoms with E-state index in [9.17, 15) is 18.0 Å². The van der Waals surface area contributed by atoms with Gasteiger partial charge in [-0.2, -0.15) is 0 Å². The maximum Gasteiger partial charge on any atom is 0.338 e. The summed E-state index contributed by atoms with van der Waals surface area (Å²) in [5, 5.41) is 2.62. The molecule has 0 fully saturated rings. The molecule has 1 atom stereocenters. The summed E-state index contributed by atoms with van der Waals surface area (Å²) in [6, 6.07) is 5.22. The van der Waals surface area contributed by atoms with Crippen molar-refractivity contribution in [3.63, 3.8) is 0 Å². The Morgan fingerprint density at radius 3 is 2.38 bits per heavy atom. The predicted octanol–water partition coefficient (Wildman–Crippen LogP) is 0.938. The van der Waals surface area contributed by atoms with Gasteiger partial charge in [-0.1, -0.05) is 10.5 Å². The van der Waals surface area contributed by atoms with E-state index in [1.54, 1.807) is 13.8 Å². The molecule has 0 aliphatic rings. The van der Waals surface area contributed by atoms with E-state index in [2.05, 4.69) is 10.2 Å². The van der Waals surface area contributed by atoms with Crippen LogP contribution in [0.2, 0.25) is 0 Å². The first-order valence-electron chi connectivity index (χ1n) is 7.24. The number of hydrogen-bond donors (Lipinski definition) is 1. The van der Waals surface area contributed by atoms with E-state index in [-0.39, 0.29) is 16.5 Å². The van der Waals surface area contributed by atoms with Crippen LogP contribution in [0, 0.1) is 0 Å². The first-order valence-corrected chi connectivity index (χ1v) is 8.68. The van der Waals surface area contributed by atoms with E-state index in [1.165, 1.54) is 45.3 Å². The molecule has 1 aromatic carbocycles. The Bertz CT molecular complexity index is 702. The molecule has 1 amide bonds. The van der Waals surface area contributed by atoms with Gasteiger partial charge in [-0.3, -0.25) is 9.63 Å². The molecule has 0 aliphatic heterocycles. The van der Waals surface area contributed by atoms with Crippen molar-refractivity contribution in [1.82, 2.24) is 9.79 Å². The van der Waals surface area contributed by atoms with Crippen LogP contribution in [0.4, 0.5) is 0 Å². The van der Waals surface area contributed by atoms with Gasteiger partial charge in [0.2, 0.25) is 0 Å². The topological polar surface area (TPSA) is 102 Å². The van der Waals surface area contributed by atoms with Crippen molar-refractivity contribution in [2.24, 2.45) is 0 Å². The van der Waals surface area contributed by atoms with Gasteiger partial charge >= 0.3 is 5.97 Å². The number of hydroxylamine groups is 1. The molecule has 0 unspecified atom stereocenters. The maximum absolute atomic E-state index is 12.2. The van der Waals surface area contributed by atoms with Crippen LogP contribution < -0.4 is 5.32 Å². The molecule has 134 valence electrons. The zero-order chi connectivity index (χ0) is 18.5. The minimum atomic E-state index is -3.88. The molecule has 0 saturated heterocycles. The number of amides is 1. The molecular formula is C15H22N2O6S. The van der Waals surface area contributed by atoms with Gasteiger partial charge < -0.3 is 10.1 Å². The number of esters is 1. The summed E-state index contributed by atoms with van der Waals surface area (Å²) in [4.78, 5) is 28.4. The molecule has 0 aromatic heterocycles. The highest BCUT2D eigenvalue weighted by Crippen LogP contribution is 2.17. The smallest absolute Gasteiger partial charge is 0.338 e. The summed E-state index contributed by atoms with van der Waals surface area (Å²) in [6.45, 7) is 5.01. The number of nitrogens with zero attached hydrogens (tertiary/aromatic N) is 1. The molecule has 0 saturated carbocycles. The summed E-state index contributed by atoms with van der Waals surface area (Å²) < 4.78 is 30.1. The van der Waals surface area contributed by atoms with Gasteiger partial charge in [0, 0.05) is 13.1 Å². The average molecular weight is 358 g/mol. The molecule has 1 aromatic rings. The molecule has 0 aliphatic carbocycles. The van der Waals surface area contributed by atoms with Crippen molar-refractivity contribution >= 4 is 21.9 Å². The number of ether oxygens (including phenoxy) is 1. The minimum Gasteiger partial charge on any atom is -0.449 e. The van der Waals surface area contributed by atoms with E-state index in [1.807, 2.05) is 0 Å². The van der Waals surface area contributed by atoms with Crippen molar-refractivity contribution < 1.29 is 27.6 Å². The van der Waals surface area contributed by atoms with Gasteiger partial charge in [0.1, 0.15) is 0 Å². The number of carbonyl (C=O) groups is 2. The predicted molar refractivity (Wildman–Crippen MR) is 86.6 cm³/mol. The van der Waals surface area contributed by atoms with Gasteiger partial charge in [-0.05, 0) is 39.0 Å². The Balaban J connectivity index is 2.94. The normalized spacial score (nSPS) is 13.0. The Kier molecular flexibility index (Phi) is 6.88. The molecule has 0 bridgehead atoms. The zero-order valence-electron chi connectivity index (χ0n) is 14.3. The van der Waals surface area contributed by atoms with Gasteiger partial charge in [0.05, 0.1) is 17.6 Å². The number of hydrogen-bond acceptors (Lipinski definition) is 6. The lowest BCUT2D eigenvalue weighted by atomic mass is 10.2. The van der Waals surface area contributed by atoms with E-state index >= 15 is 0 Å². The molecule has 24 heavy (non-hydrogen) atoms. The van der Waals surface area contributed by atoms with Crippen LogP contribution in [0.5, 0.6) is 0 Å². The Labute approximate surface area is 141 Å². The molecule has 1 N–H and O–H groups in total. The van der Waals surface area contributed by atoms with E-state index < -0.39 is 28.0 Å². The SMILES string of the molecule is CON(C)S(=O)(=O)c1cccc(C(=O)O[C@@H](C)C(=O)NC(C)C)c1. The summed E-state index contributed by atoms with van der Waals surface area (Å²) in [7, 11) is -1.43. The largest absolute Gasteiger partial charge is 0.449 e. The van der Waals surface area contributed by atoms with Crippen molar-refractivity contribution in [3.05, 3.63) is 29.8 Å². The van der Waals surface area contributed by atoms with Crippen molar-refractivity contribution in [2.75, 3.05) is 14.2 Å². The number of rotatable bonds is 7. The summed E-state index contributed by atoms with van der Waals surface area (Å²) in [6.07, 6.45) is -0.998. The third kappa shape index (κ3) is 5.02. The molecule has 1 rings (SSSR count). The molecular weight excluding hydrogens is 336 g/mol. The fourth-order valence-corrected chi connectivity index (χ4v) is 2.73. The first-order chi connectivity index (χ1) is 11.1. The van der Waals surface area contributed by atoms with Crippen molar-refractivity contribution in [1.29, 1.82) is 0 Å². The second-order valence-electron chi connectivity index (χ2n) is 5.34. The highest BCUT2D eigenvalue weighted by Gasteiger charge is 2.24. The number of benzene rings is 1. The Morgan fingerprint density at radius 1 is 1.21 bits per heavy atom. The second kappa shape index (κ2) is 8.22. The Morgan fingerprint density at radius 2 is 1.83 bits per heavy atom. The Hall–Kier alpha value is -1.97. The van der Waals surface area contributed by atoms with Gasteiger partial charge in [-0.25, -0.2) is 13.2 Å². The van der Waals surface area contributed by atoms with Crippen LogP contribution in [0.15, 0.2) is 29.2 Å². The van der Waals surface area contributed by atoms with Gasteiger partial charge in [-0.15, -0.1) is 0 Å². The number of carbonyl (C=O) groups excluding carboxylic acids is 2. The standard InChI is InChI=1S/C15H22N2O6S/c1-10(2)16-14(18)11(3)23-15(19)12-7-6-8-13(9-12)24(20,21)17(4)22-5/h6-11H,1-5H3,(H,16,18)/t11-/m0/s1. The number of nitrogens with one attached hydrogen (secondary N) is 1. The number of sulfonamides is 1. The van der Waals surface area contributed by atoms with Gasteiger partial charge in [0.25, 0.3) is 15.9 Å². The highest BCUT2D eigenvalue weighted by atomic mass is 32.2. The van der Waals surface area contributed by atoms with Crippen molar-refractivity contribution in [2.45, 2.75) is 37.8 Å². The third-order valence-electron chi connectivity index (χ3n) is 3.05. The fraction of sp³-hybridized carbons (Fsp3) is 0.467. The van der Waals surface area contributed by atoms with E-state index in [0.717, 1.165) is 0 Å². The van der Waals surface area contributed by atoms with Crippen LogP contribution in [0.25, 0.3) is 0 Å². The summed E-state index contributed by atoms with van der Waals surface area (Å²) in [5.74, 6) is -1.22. The lowest BCUT2D eigenvalue weighted by Gasteiger charge is -2.16. The maximum atomic E-state index is 12.2. The molecule has 8 nitrogen and oxygen atoms in total. The quantitative estimate of drug-likeness (QED) is 0.575. The van der Waals surface area contributed by atoms with Crippen LogP contribution in [-0.4, -0.2) is 51.1 Å². The molecule has 9 heteroatoms. The van der Waals surface area contributed by atoms with Crippen LogP contribution in [-0.2, 0) is 24.4 Å². The van der Waals surface area contributed by atoms with Crippen LogP contribution in [0.3, 0.4) is 0 Å². The summed E-state index contributed by atoms with van der Waals surface area (Å²) >= 11 is 0.